The molecule has 2 atom stereocenters. The molecular weight excluding hydrogens is 156 g/mol. The Balaban J connectivity index is 2.28. The average molecular weight is 176 g/mol. The maximum Gasteiger partial charge on any atom is -0.0197 e. The molecule has 0 aromatic rings. The highest BCUT2D eigenvalue weighted by Crippen LogP contribution is 2.49. The molecule has 0 bridgehead atoms. The largest absolute Gasteiger partial charge is 0.0958 e. The summed E-state index contributed by atoms with van der Waals surface area (Å²) in [5.74, 6) is 1.75. The Bertz CT molecular complexity index is 245. The van der Waals surface area contributed by atoms with Crippen LogP contribution in [0.5, 0.6) is 0 Å². The van der Waals surface area contributed by atoms with Crippen LogP contribution in [0.2, 0.25) is 0 Å². The van der Waals surface area contributed by atoms with E-state index in [0.717, 1.165) is 11.8 Å². The van der Waals surface area contributed by atoms with Crippen molar-refractivity contribution in [2.45, 2.75) is 39.5 Å². The predicted octanol–water partition coefficient (Wildman–Crippen LogP) is 3.95. The molecule has 2 unspecified atom stereocenters. The summed E-state index contributed by atoms with van der Waals surface area (Å²) in [5.41, 5.74) is 1.79. The van der Waals surface area contributed by atoms with Gasteiger partial charge in [0.1, 0.15) is 0 Å². The molecule has 2 aliphatic rings. The summed E-state index contributed by atoms with van der Waals surface area (Å²) in [6.45, 7) is 8.93. The first kappa shape index (κ1) is 9.05. The first-order valence-electron chi connectivity index (χ1n) is 5.45. The van der Waals surface area contributed by atoms with Crippen LogP contribution in [0.3, 0.4) is 0 Å². The fraction of sp³-hybridized carbons (Fsp3) is 0.692. The summed E-state index contributed by atoms with van der Waals surface area (Å²) in [5, 5.41) is 0. The van der Waals surface area contributed by atoms with Gasteiger partial charge >= 0.3 is 0 Å². The van der Waals surface area contributed by atoms with Gasteiger partial charge < -0.3 is 0 Å². The summed E-state index contributed by atoms with van der Waals surface area (Å²) in [4.78, 5) is 0. The molecule has 0 nitrogen and oxygen atoms in total. The van der Waals surface area contributed by atoms with E-state index >= 15 is 0 Å². The molecule has 1 saturated carbocycles. The van der Waals surface area contributed by atoms with Gasteiger partial charge in [0, 0.05) is 0 Å². The Kier molecular flexibility index (Phi) is 2.09. The second kappa shape index (κ2) is 3.01. The normalized spacial score (nSPS) is 37.2. The Morgan fingerprint density at radius 3 is 2.92 bits per heavy atom. The van der Waals surface area contributed by atoms with Gasteiger partial charge in [0.25, 0.3) is 0 Å². The lowest BCUT2D eigenvalue weighted by atomic mass is 9.72. The van der Waals surface area contributed by atoms with Gasteiger partial charge in [0.05, 0.1) is 0 Å². The van der Waals surface area contributed by atoms with Gasteiger partial charge in [-0.15, -0.1) is 0 Å². The maximum absolute atomic E-state index is 4.11. The molecule has 0 saturated heterocycles. The Hall–Kier alpha value is -0.520. The highest BCUT2D eigenvalue weighted by atomic mass is 14.4. The lowest BCUT2D eigenvalue weighted by molar-refractivity contribution is 0.189. The van der Waals surface area contributed by atoms with Crippen molar-refractivity contribution in [3.63, 3.8) is 0 Å². The van der Waals surface area contributed by atoms with E-state index < -0.39 is 0 Å². The third-order valence-electron chi connectivity index (χ3n) is 3.83. The number of allylic oxidation sites excluding steroid dienone is 3. The molecule has 0 aromatic carbocycles. The fourth-order valence-electron chi connectivity index (χ4n) is 3.22. The van der Waals surface area contributed by atoms with Crippen molar-refractivity contribution in [1.82, 2.24) is 0 Å². The second-order valence-electron chi connectivity index (χ2n) is 5.38. The zero-order valence-corrected chi connectivity index (χ0v) is 8.84. The minimum Gasteiger partial charge on any atom is -0.0958 e. The van der Waals surface area contributed by atoms with E-state index in [1.54, 1.807) is 0 Å². The van der Waals surface area contributed by atoms with Crippen LogP contribution >= 0.6 is 0 Å². The molecule has 2 aliphatic carbocycles. The van der Waals surface area contributed by atoms with Gasteiger partial charge in [-0.3, -0.25) is 0 Å². The van der Waals surface area contributed by atoms with Gasteiger partial charge in [-0.05, 0) is 36.5 Å². The minimum atomic E-state index is 0.474. The molecule has 0 radical (unpaired) electrons. The Morgan fingerprint density at radius 1 is 1.38 bits per heavy atom. The molecule has 0 heteroatoms. The molecule has 0 aliphatic heterocycles. The van der Waals surface area contributed by atoms with Crippen LogP contribution < -0.4 is 0 Å². The average Bonchev–Trinajstić information content (AvgIpc) is 2.44. The van der Waals surface area contributed by atoms with Crippen molar-refractivity contribution in [2.75, 3.05) is 0 Å². The summed E-state index contributed by atoms with van der Waals surface area (Å²) < 4.78 is 0. The standard InChI is InChI=1S/C13H20/c1-10-7-8-11-5-4-6-12(11)13(2,3)9-10/h7-8,11-12H,1,4-6,9H2,2-3H3. The molecule has 0 aromatic heterocycles. The van der Waals surface area contributed by atoms with Crippen LogP contribution in [-0.4, -0.2) is 0 Å². The quantitative estimate of drug-likeness (QED) is 0.524. The zero-order valence-electron chi connectivity index (χ0n) is 8.84. The van der Waals surface area contributed by atoms with Crippen molar-refractivity contribution in [3.05, 3.63) is 24.3 Å². The smallest absolute Gasteiger partial charge is 0.0197 e. The molecule has 0 spiro atoms. The van der Waals surface area contributed by atoms with Crippen molar-refractivity contribution < 1.29 is 0 Å². The van der Waals surface area contributed by atoms with Gasteiger partial charge in [-0.2, -0.15) is 0 Å². The Morgan fingerprint density at radius 2 is 2.15 bits per heavy atom. The van der Waals surface area contributed by atoms with Gasteiger partial charge in [-0.1, -0.05) is 44.6 Å². The number of fused-ring (bicyclic) bond motifs is 1. The van der Waals surface area contributed by atoms with Gasteiger partial charge in [0.2, 0.25) is 0 Å². The predicted molar refractivity (Wildman–Crippen MR) is 57.5 cm³/mol. The molecular formula is C13H20. The lowest BCUT2D eigenvalue weighted by Crippen LogP contribution is -2.25. The SMILES string of the molecule is C=C1C=CC2CCCC2C(C)(C)C1. The van der Waals surface area contributed by atoms with E-state index in [1.807, 2.05) is 0 Å². The molecule has 0 N–H and O–H groups in total. The highest BCUT2D eigenvalue weighted by molar-refractivity contribution is 5.21. The van der Waals surface area contributed by atoms with E-state index in [4.69, 9.17) is 0 Å². The fourth-order valence-corrected chi connectivity index (χ4v) is 3.22. The highest BCUT2D eigenvalue weighted by Gasteiger charge is 2.38. The summed E-state index contributed by atoms with van der Waals surface area (Å²) in [6, 6.07) is 0. The number of rotatable bonds is 0. The zero-order chi connectivity index (χ0) is 9.47. The monoisotopic (exact) mass is 176 g/mol. The van der Waals surface area contributed by atoms with Crippen molar-refractivity contribution in [1.29, 1.82) is 0 Å². The third-order valence-corrected chi connectivity index (χ3v) is 3.83. The second-order valence-corrected chi connectivity index (χ2v) is 5.38. The van der Waals surface area contributed by atoms with Crippen LogP contribution in [0.15, 0.2) is 24.3 Å². The van der Waals surface area contributed by atoms with Gasteiger partial charge in [-0.25, -0.2) is 0 Å². The molecule has 72 valence electrons. The van der Waals surface area contributed by atoms with Crippen molar-refractivity contribution >= 4 is 0 Å². The lowest BCUT2D eigenvalue weighted by Gasteiger charge is -2.33. The van der Waals surface area contributed by atoms with Gasteiger partial charge in [0.15, 0.2) is 0 Å². The number of hydrogen-bond donors (Lipinski definition) is 0. The number of hydrogen-bond acceptors (Lipinski definition) is 0. The van der Waals surface area contributed by atoms with Crippen LogP contribution in [0.1, 0.15) is 39.5 Å². The molecule has 0 amide bonds. The summed E-state index contributed by atoms with van der Waals surface area (Å²) in [7, 11) is 0. The van der Waals surface area contributed by atoms with Crippen LogP contribution in [0, 0.1) is 17.3 Å². The molecule has 13 heavy (non-hydrogen) atoms. The molecule has 0 heterocycles. The van der Waals surface area contributed by atoms with Crippen LogP contribution in [0.25, 0.3) is 0 Å². The first-order valence-corrected chi connectivity index (χ1v) is 5.45. The molecule has 1 fully saturated rings. The molecule has 2 rings (SSSR count). The van der Waals surface area contributed by atoms with Crippen molar-refractivity contribution in [3.8, 4) is 0 Å². The van der Waals surface area contributed by atoms with E-state index in [2.05, 4.69) is 32.6 Å². The van der Waals surface area contributed by atoms with Crippen LogP contribution in [0.4, 0.5) is 0 Å². The maximum atomic E-state index is 4.11. The van der Waals surface area contributed by atoms with E-state index in [0.29, 0.717) is 5.41 Å². The Labute approximate surface area is 81.7 Å². The summed E-state index contributed by atoms with van der Waals surface area (Å²) in [6.07, 6.45) is 10.1. The van der Waals surface area contributed by atoms with E-state index in [9.17, 15) is 0 Å². The first-order chi connectivity index (χ1) is 6.09. The van der Waals surface area contributed by atoms with E-state index in [-0.39, 0.29) is 0 Å². The third kappa shape index (κ3) is 1.59. The topological polar surface area (TPSA) is 0 Å². The minimum absolute atomic E-state index is 0.474. The van der Waals surface area contributed by atoms with Crippen LogP contribution in [-0.2, 0) is 0 Å². The summed E-state index contributed by atoms with van der Waals surface area (Å²) >= 11 is 0. The van der Waals surface area contributed by atoms with Crippen molar-refractivity contribution in [2.24, 2.45) is 17.3 Å². The van der Waals surface area contributed by atoms with E-state index in [1.165, 1.54) is 31.3 Å².